The van der Waals surface area contributed by atoms with Gasteiger partial charge in [-0.05, 0) is 79.0 Å². The van der Waals surface area contributed by atoms with Crippen molar-refractivity contribution in [3.8, 4) is 22.6 Å². The van der Waals surface area contributed by atoms with Gasteiger partial charge >= 0.3 is 12.7 Å². The van der Waals surface area contributed by atoms with Crippen LogP contribution in [0.15, 0.2) is 54.6 Å². The van der Waals surface area contributed by atoms with Gasteiger partial charge in [-0.3, -0.25) is 0 Å². The van der Waals surface area contributed by atoms with Crippen LogP contribution in [0.25, 0.3) is 11.1 Å². The van der Waals surface area contributed by atoms with Gasteiger partial charge < -0.3 is 9.47 Å². The molecule has 1 saturated carbocycles. The van der Waals surface area contributed by atoms with Crippen molar-refractivity contribution in [1.29, 1.82) is 0 Å². The first-order valence-corrected chi connectivity index (χ1v) is 13.5. The number of hydrogen-bond donors (Lipinski definition) is 0. The molecule has 0 aliphatic heterocycles. The van der Waals surface area contributed by atoms with E-state index in [0.29, 0.717) is 23.6 Å². The Labute approximate surface area is 229 Å². The monoisotopic (exact) mass is 568 g/mol. The molecular weight excluding hydrogens is 537 g/mol. The van der Waals surface area contributed by atoms with Gasteiger partial charge in [-0.15, -0.1) is 0 Å². The molecule has 0 bridgehead atoms. The molecule has 0 unspecified atom stereocenters. The van der Waals surface area contributed by atoms with E-state index in [9.17, 15) is 17.6 Å². The number of para-hydroxylation sites is 1. The summed E-state index contributed by atoms with van der Waals surface area (Å²) in [6.07, 6.45) is 4.48. The maximum Gasteiger partial charge on any atom is 0.429 e. The summed E-state index contributed by atoms with van der Waals surface area (Å²) in [5, 5.41) is 0. The Hall–Kier alpha value is -3.23. The first kappa shape index (κ1) is 29.7. The van der Waals surface area contributed by atoms with Crippen molar-refractivity contribution in [1.82, 2.24) is 0 Å². The Morgan fingerprint density at radius 2 is 1.52 bits per heavy atom. The molecule has 0 amide bonds. The molecule has 3 aromatic carbocycles. The summed E-state index contributed by atoms with van der Waals surface area (Å²) in [7, 11) is 0. The van der Waals surface area contributed by atoms with E-state index >= 15 is 13.2 Å². The van der Waals surface area contributed by atoms with Gasteiger partial charge in [0.15, 0.2) is 17.4 Å². The van der Waals surface area contributed by atoms with E-state index in [-0.39, 0.29) is 17.0 Å². The zero-order valence-electron chi connectivity index (χ0n) is 22.0. The first-order chi connectivity index (χ1) is 19.1. The number of hydrogen-bond acceptors (Lipinski definition) is 2. The highest BCUT2D eigenvalue weighted by Gasteiger charge is 2.39. The zero-order chi connectivity index (χ0) is 28.9. The fourth-order valence-electron chi connectivity index (χ4n) is 5.39. The summed E-state index contributed by atoms with van der Waals surface area (Å²) >= 11 is 0. The molecule has 1 aliphatic carbocycles. The van der Waals surface area contributed by atoms with Gasteiger partial charge in [0.25, 0.3) is 0 Å². The van der Waals surface area contributed by atoms with Crippen LogP contribution in [0.5, 0.6) is 11.5 Å². The van der Waals surface area contributed by atoms with Gasteiger partial charge in [0.2, 0.25) is 0 Å². The maximum absolute atomic E-state index is 15.2. The van der Waals surface area contributed by atoms with E-state index in [1.807, 2.05) is 0 Å². The normalized spacial score (nSPS) is 17.7. The largest absolute Gasteiger partial charge is 0.429 e. The fourth-order valence-corrected chi connectivity index (χ4v) is 5.39. The fraction of sp³-hybridized carbons (Fsp3) is 0.419. The molecule has 1 aliphatic rings. The number of alkyl halides is 4. The van der Waals surface area contributed by atoms with Crippen LogP contribution in [-0.2, 0) is 6.11 Å². The zero-order valence-corrected chi connectivity index (χ0v) is 22.0. The second kappa shape index (κ2) is 13.0. The minimum absolute atomic E-state index is 0.100. The van der Waals surface area contributed by atoms with Gasteiger partial charge in [-0.25, -0.2) is 13.2 Å². The van der Waals surface area contributed by atoms with Crippen LogP contribution >= 0.6 is 0 Å². The summed E-state index contributed by atoms with van der Waals surface area (Å²) < 4.78 is 108. The molecular formula is C31H31F7O2. The van der Waals surface area contributed by atoms with Crippen molar-refractivity contribution < 1.29 is 40.2 Å². The van der Waals surface area contributed by atoms with Gasteiger partial charge in [-0.1, -0.05) is 56.9 Å². The minimum atomic E-state index is -4.12. The van der Waals surface area contributed by atoms with Crippen molar-refractivity contribution in [2.24, 2.45) is 5.92 Å². The number of ether oxygens (including phenoxy) is 2. The Morgan fingerprint density at radius 3 is 2.15 bits per heavy atom. The Bertz CT molecular complexity index is 1260. The molecule has 0 saturated heterocycles. The van der Waals surface area contributed by atoms with Crippen LogP contribution in [0.2, 0.25) is 0 Å². The highest BCUT2D eigenvalue weighted by Crippen LogP contribution is 2.42. The quantitative estimate of drug-likeness (QED) is 0.169. The molecule has 3 aromatic rings. The van der Waals surface area contributed by atoms with E-state index in [1.165, 1.54) is 49.9 Å². The van der Waals surface area contributed by atoms with Crippen molar-refractivity contribution in [2.45, 2.75) is 76.9 Å². The van der Waals surface area contributed by atoms with Gasteiger partial charge in [0.1, 0.15) is 11.6 Å². The molecule has 9 heteroatoms. The van der Waals surface area contributed by atoms with Crippen LogP contribution in [0.4, 0.5) is 30.7 Å². The van der Waals surface area contributed by atoms with Gasteiger partial charge in [-0.2, -0.15) is 17.6 Å². The molecule has 0 aromatic heterocycles. The van der Waals surface area contributed by atoms with Crippen LogP contribution in [0.1, 0.15) is 75.3 Å². The second-order valence-corrected chi connectivity index (χ2v) is 10.2. The Kier molecular flexibility index (Phi) is 9.64. The lowest BCUT2D eigenvalue weighted by Crippen LogP contribution is -2.24. The topological polar surface area (TPSA) is 18.5 Å². The van der Waals surface area contributed by atoms with Crippen molar-refractivity contribution in [2.75, 3.05) is 0 Å². The average molecular weight is 569 g/mol. The molecule has 0 N–H and O–H groups in total. The second-order valence-electron chi connectivity index (χ2n) is 10.2. The first-order valence-electron chi connectivity index (χ1n) is 13.5. The Balaban J connectivity index is 1.51. The number of halogens is 7. The molecule has 1 fully saturated rings. The summed E-state index contributed by atoms with van der Waals surface area (Å²) in [6.45, 7) is -1.30. The lowest BCUT2D eigenvalue weighted by Gasteiger charge is -2.29. The van der Waals surface area contributed by atoms with Gasteiger partial charge in [0, 0.05) is 5.56 Å². The van der Waals surface area contributed by atoms with Gasteiger partial charge in [0.05, 0.1) is 5.56 Å². The standard InChI is InChI=1S/C31H31F7O2/c1-2-3-4-7-19-10-12-20(13-11-19)21-14-15-24(25(32)16-21)31(37,38)40-28-9-6-5-8-23(28)22-17-26(33)29(27(34)18-22)39-30(35)36/h5-6,8-9,14-20,30H,2-4,7,10-13H2,1H3. The summed E-state index contributed by atoms with van der Waals surface area (Å²) in [5.41, 5.74) is -0.723. The van der Waals surface area contributed by atoms with Crippen LogP contribution in [-0.4, -0.2) is 6.61 Å². The molecule has 2 nitrogen and oxygen atoms in total. The third kappa shape index (κ3) is 7.09. The van der Waals surface area contributed by atoms with Crippen molar-refractivity contribution >= 4 is 0 Å². The van der Waals surface area contributed by atoms with Crippen LogP contribution < -0.4 is 9.47 Å². The van der Waals surface area contributed by atoms with E-state index in [2.05, 4.69) is 11.7 Å². The van der Waals surface area contributed by atoms with E-state index < -0.39 is 47.2 Å². The summed E-state index contributed by atoms with van der Waals surface area (Å²) in [4.78, 5) is 0. The minimum Gasteiger partial charge on any atom is -0.429 e. The predicted molar refractivity (Wildman–Crippen MR) is 138 cm³/mol. The van der Waals surface area contributed by atoms with Crippen LogP contribution in [0, 0.1) is 23.4 Å². The van der Waals surface area contributed by atoms with E-state index in [1.54, 1.807) is 0 Å². The van der Waals surface area contributed by atoms with Crippen molar-refractivity contribution in [3.05, 3.63) is 83.2 Å². The molecule has 0 atom stereocenters. The van der Waals surface area contributed by atoms with E-state index in [0.717, 1.165) is 43.9 Å². The highest BCUT2D eigenvalue weighted by molar-refractivity contribution is 5.71. The molecule has 0 radical (unpaired) electrons. The average Bonchev–Trinajstić information content (AvgIpc) is 2.91. The summed E-state index contributed by atoms with van der Waals surface area (Å²) in [5.74, 6) is -5.05. The predicted octanol–water partition coefficient (Wildman–Crippen LogP) is 10.4. The lowest BCUT2D eigenvalue weighted by atomic mass is 9.77. The smallest absolute Gasteiger partial charge is 0.429 e. The summed E-state index contributed by atoms with van der Waals surface area (Å²) in [6, 6.07) is 10.1. The van der Waals surface area contributed by atoms with Crippen molar-refractivity contribution in [3.63, 3.8) is 0 Å². The third-order valence-electron chi connectivity index (χ3n) is 7.48. The SMILES string of the molecule is CCCCCC1CCC(c2ccc(C(F)(F)Oc3ccccc3-c3cc(F)c(OC(F)F)c(F)c3)c(F)c2)CC1. The lowest BCUT2D eigenvalue weighted by molar-refractivity contribution is -0.187. The number of unbranched alkanes of at least 4 members (excludes halogenated alkanes) is 2. The Morgan fingerprint density at radius 1 is 0.850 bits per heavy atom. The molecule has 0 heterocycles. The van der Waals surface area contributed by atoms with E-state index in [4.69, 9.17) is 4.74 Å². The number of benzene rings is 3. The molecule has 216 valence electrons. The highest BCUT2D eigenvalue weighted by atomic mass is 19.3. The molecule has 4 rings (SSSR count). The number of rotatable bonds is 11. The maximum atomic E-state index is 15.2. The molecule has 0 spiro atoms. The van der Waals surface area contributed by atoms with Crippen LogP contribution in [0.3, 0.4) is 0 Å². The third-order valence-corrected chi connectivity index (χ3v) is 7.48. The molecule has 40 heavy (non-hydrogen) atoms.